The summed E-state index contributed by atoms with van der Waals surface area (Å²) in [5.41, 5.74) is 6.35. The first kappa shape index (κ1) is 9.51. The molecule has 3 N–H and O–H groups in total. The molecule has 0 amide bonds. The van der Waals surface area contributed by atoms with Crippen molar-refractivity contribution in [3.63, 3.8) is 0 Å². The molecule has 0 aromatic carbocycles. The molecule has 0 aliphatic carbocycles. The number of oxazole rings is 1. The van der Waals surface area contributed by atoms with Crippen LogP contribution in [0.1, 0.15) is 23.9 Å². The van der Waals surface area contributed by atoms with Gasteiger partial charge in [0.05, 0.1) is 11.7 Å². The monoisotopic (exact) mass is 190 g/mol. The van der Waals surface area contributed by atoms with Crippen LogP contribution in [-0.2, 0) is 0 Å². The number of aromatic nitrogens is 1. The second-order valence-corrected chi connectivity index (χ2v) is 2.86. The van der Waals surface area contributed by atoms with Gasteiger partial charge in [-0.2, -0.15) is 0 Å². The zero-order valence-electron chi connectivity index (χ0n) is 6.75. The number of hydrogen-bond acceptors (Lipinski definition) is 4. The van der Waals surface area contributed by atoms with Gasteiger partial charge in [-0.15, -0.1) is 0 Å². The Morgan fingerprint density at radius 2 is 2.42 bits per heavy atom. The summed E-state index contributed by atoms with van der Waals surface area (Å²) < 4.78 is 5.05. The van der Waals surface area contributed by atoms with Crippen LogP contribution in [0.5, 0.6) is 0 Å². The normalized spacial score (nSPS) is 13.3. The average molecular weight is 191 g/mol. The Hall–Kier alpha value is -0.580. The zero-order valence-corrected chi connectivity index (χ0v) is 7.51. The van der Waals surface area contributed by atoms with Gasteiger partial charge < -0.3 is 15.3 Å². The van der Waals surface area contributed by atoms with Crippen molar-refractivity contribution in [1.82, 2.24) is 4.98 Å². The highest BCUT2D eigenvalue weighted by molar-refractivity contribution is 6.27. The molecule has 0 bridgehead atoms. The molecule has 1 heterocycles. The summed E-state index contributed by atoms with van der Waals surface area (Å²) in [6, 6.07) is -0.324. The van der Waals surface area contributed by atoms with Crippen LogP contribution < -0.4 is 5.73 Å². The lowest BCUT2D eigenvalue weighted by molar-refractivity contribution is 0.268. The molecule has 0 radical (unpaired) electrons. The van der Waals surface area contributed by atoms with Crippen molar-refractivity contribution in [2.24, 2.45) is 5.73 Å². The molecular weight excluding hydrogens is 180 g/mol. The van der Waals surface area contributed by atoms with E-state index in [0.717, 1.165) is 0 Å². The number of halogens is 1. The van der Waals surface area contributed by atoms with E-state index in [1.807, 2.05) is 0 Å². The number of rotatable bonds is 3. The minimum Gasteiger partial charge on any atom is -0.431 e. The van der Waals surface area contributed by atoms with Crippen molar-refractivity contribution >= 4 is 11.6 Å². The Balaban J connectivity index is 2.79. The largest absolute Gasteiger partial charge is 0.431 e. The predicted molar refractivity (Wildman–Crippen MR) is 44.9 cm³/mol. The van der Waals surface area contributed by atoms with E-state index in [2.05, 4.69) is 4.98 Å². The first-order valence-corrected chi connectivity index (χ1v) is 4.02. The second kappa shape index (κ2) is 3.89. The quantitative estimate of drug-likeness (QED) is 0.747. The molecule has 12 heavy (non-hydrogen) atoms. The Kier molecular flexibility index (Phi) is 3.08. The fourth-order valence-electron chi connectivity index (χ4n) is 0.989. The van der Waals surface area contributed by atoms with Gasteiger partial charge in [0.15, 0.2) is 0 Å². The van der Waals surface area contributed by atoms with Crippen LogP contribution in [-0.4, -0.2) is 16.7 Å². The Labute approximate surface area is 75.3 Å². The summed E-state index contributed by atoms with van der Waals surface area (Å²) in [6.07, 6.45) is 0.451. The molecule has 0 fully saturated rings. The summed E-state index contributed by atoms with van der Waals surface area (Å²) in [6.45, 7) is 1.79. The van der Waals surface area contributed by atoms with E-state index >= 15 is 0 Å². The fraction of sp³-hybridized carbons (Fsp3) is 0.571. The third-order valence-electron chi connectivity index (χ3n) is 1.58. The van der Waals surface area contributed by atoms with E-state index < -0.39 is 0 Å². The average Bonchev–Trinajstić information content (AvgIpc) is 2.30. The van der Waals surface area contributed by atoms with E-state index in [1.165, 1.54) is 0 Å². The molecule has 68 valence electrons. The molecule has 1 rings (SSSR count). The summed E-state index contributed by atoms with van der Waals surface area (Å²) in [5.74, 6) is 0.550. The molecule has 0 aliphatic rings. The second-order valence-electron chi connectivity index (χ2n) is 2.54. The molecule has 1 atom stereocenters. The standard InChI is InChI=1S/C7H11ClN2O2/c1-4-6(5(9)2-3-11)12-7(8)10-4/h5,11H,2-3,9H2,1H3. The van der Waals surface area contributed by atoms with Crippen LogP contribution in [0.3, 0.4) is 0 Å². The number of hydrogen-bond donors (Lipinski definition) is 2. The van der Waals surface area contributed by atoms with Crippen LogP contribution in [0.15, 0.2) is 4.42 Å². The summed E-state index contributed by atoms with van der Waals surface area (Å²) >= 11 is 5.51. The predicted octanol–water partition coefficient (Wildman–Crippen LogP) is 1.02. The molecule has 0 saturated heterocycles. The van der Waals surface area contributed by atoms with Gasteiger partial charge in [-0.1, -0.05) is 0 Å². The van der Waals surface area contributed by atoms with Crippen LogP contribution in [0.4, 0.5) is 0 Å². The van der Waals surface area contributed by atoms with Crippen LogP contribution >= 0.6 is 11.6 Å². The number of nitrogens with zero attached hydrogens (tertiary/aromatic N) is 1. The van der Waals surface area contributed by atoms with Crippen molar-refractivity contribution in [2.75, 3.05) is 6.61 Å². The number of aryl methyl sites for hydroxylation is 1. The minimum absolute atomic E-state index is 0.0267. The van der Waals surface area contributed by atoms with Gasteiger partial charge in [-0.05, 0) is 24.9 Å². The van der Waals surface area contributed by atoms with Gasteiger partial charge in [0, 0.05) is 6.61 Å². The first-order chi connectivity index (χ1) is 5.65. The maximum absolute atomic E-state index is 8.62. The van der Waals surface area contributed by atoms with Gasteiger partial charge in [0.25, 0.3) is 5.35 Å². The Morgan fingerprint density at radius 3 is 2.83 bits per heavy atom. The van der Waals surface area contributed by atoms with E-state index in [0.29, 0.717) is 17.9 Å². The highest BCUT2D eigenvalue weighted by Crippen LogP contribution is 2.21. The van der Waals surface area contributed by atoms with Gasteiger partial charge in [0.2, 0.25) is 0 Å². The zero-order chi connectivity index (χ0) is 9.14. The Morgan fingerprint density at radius 1 is 1.75 bits per heavy atom. The summed E-state index contributed by atoms with van der Waals surface area (Å²) in [4.78, 5) is 3.85. The van der Waals surface area contributed by atoms with Crippen LogP contribution in [0, 0.1) is 6.92 Å². The van der Waals surface area contributed by atoms with Crippen molar-refractivity contribution < 1.29 is 9.52 Å². The molecule has 0 spiro atoms. The number of aliphatic hydroxyl groups excluding tert-OH is 1. The first-order valence-electron chi connectivity index (χ1n) is 3.64. The van der Waals surface area contributed by atoms with E-state index in [-0.39, 0.29) is 18.0 Å². The topological polar surface area (TPSA) is 72.3 Å². The molecule has 1 aromatic heterocycles. The SMILES string of the molecule is Cc1nc(Cl)oc1C(N)CCO. The van der Waals surface area contributed by atoms with Crippen LogP contribution in [0.2, 0.25) is 5.35 Å². The van der Waals surface area contributed by atoms with E-state index in [4.69, 9.17) is 26.9 Å². The lowest BCUT2D eigenvalue weighted by Crippen LogP contribution is -2.12. The maximum Gasteiger partial charge on any atom is 0.292 e. The molecular formula is C7H11ClN2O2. The van der Waals surface area contributed by atoms with Crippen molar-refractivity contribution in [1.29, 1.82) is 0 Å². The maximum atomic E-state index is 8.62. The van der Waals surface area contributed by atoms with Crippen LogP contribution in [0.25, 0.3) is 0 Å². The van der Waals surface area contributed by atoms with Gasteiger partial charge in [-0.25, -0.2) is 4.98 Å². The molecule has 4 nitrogen and oxygen atoms in total. The van der Waals surface area contributed by atoms with Gasteiger partial charge >= 0.3 is 0 Å². The van der Waals surface area contributed by atoms with Crippen molar-refractivity contribution in [3.8, 4) is 0 Å². The number of nitrogens with two attached hydrogens (primary N) is 1. The molecule has 0 aliphatic heterocycles. The highest BCUT2D eigenvalue weighted by atomic mass is 35.5. The van der Waals surface area contributed by atoms with E-state index in [1.54, 1.807) is 6.92 Å². The summed E-state index contributed by atoms with van der Waals surface area (Å²) in [5, 5.41) is 8.71. The van der Waals surface area contributed by atoms with E-state index in [9.17, 15) is 0 Å². The lowest BCUT2D eigenvalue weighted by atomic mass is 10.1. The molecule has 5 heteroatoms. The Bertz CT molecular complexity index is 262. The lowest BCUT2D eigenvalue weighted by Gasteiger charge is -2.05. The van der Waals surface area contributed by atoms with Gasteiger partial charge in [0.1, 0.15) is 5.76 Å². The third kappa shape index (κ3) is 1.97. The van der Waals surface area contributed by atoms with Crippen molar-refractivity contribution in [2.45, 2.75) is 19.4 Å². The fourth-order valence-corrected chi connectivity index (χ4v) is 1.20. The third-order valence-corrected chi connectivity index (χ3v) is 1.74. The molecule has 1 unspecified atom stereocenters. The van der Waals surface area contributed by atoms with Gasteiger partial charge in [-0.3, -0.25) is 0 Å². The summed E-state index contributed by atoms with van der Waals surface area (Å²) in [7, 11) is 0. The smallest absolute Gasteiger partial charge is 0.292 e. The highest BCUT2D eigenvalue weighted by Gasteiger charge is 2.14. The molecule has 1 aromatic rings. The van der Waals surface area contributed by atoms with Crippen molar-refractivity contribution in [3.05, 3.63) is 16.8 Å². The minimum atomic E-state index is -0.324. The number of aliphatic hydroxyl groups is 1. The molecule has 0 saturated carbocycles.